The molecule has 5 heteroatoms. The van der Waals surface area contributed by atoms with Gasteiger partial charge in [0.15, 0.2) is 5.84 Å². The Bertz CT molecular complexity index is 403. The summed E-state index contributed by atoms with van der Waals surface area (Å²) >= 11 is 0. The lowest BCUT2D eigenvalue weighted by atomic mass is 10.1. The fourth-order valence-corrected chi connectivity index (χ4v) is 2.97. The molecule has 2 heterocycles. The number of rotatable bonds is 3. The Morgan fingerprint density at radius 1 is 1.35 bits per heavy atom. The van der Waals surface area contributed by atoms with Gasteiger partial charge in [-0.2, -0.15) is 5.10 Å². The van der Waals surface area contributed by atoms with E-state index in [1.54, 1.807) is 0 Å². The lowest BCUT2D eigenvalue weighted by Gasteiger charge is -2.20. The predicted octanol–water partition coefficient (Wildman–Crippen LogP) is 1.03. The van der Waals surface area contributed by atoms with E-state index in [9.17, 15) is 9.18 Å². The van der Waals surface area contributed by atoms with Crippen LogP contribution < -0.4 is 5.32 Å². The Morgan fingerprint density at radius 2 is 2.12 bits per heavy atom. The molecule has 4 rings (SSSR count). The molecule has 0 bridgehead atoms. The molecule has 0 amide bonds. The number of halogens is 1. The minimum Gasteiger partial charge on any atom is -0.342 e. The maximum Gasteiger partial charge on any atom is 0.202 e. The Morgan fingerprint density at radius 3 is 2.76 bits per heavy atom. The summed E-state index contributed by atoms with van der Waals surface area (Å²) in [6.45, 7) is 0. The van der Waals surface area contributed by atoms with Crippen LogP contribution in [0.3, 0.4) is 0 Å². The first-order chi connectivity index (χ1) is 8.24. The van der Waals surface area contributed by atoms with Crippen molar-refractivity contribution in [1.29, 1.82) is 0 Å². The molecule has 17 heavy (non-hydrogen) atoms. The van der Waals surface area contributed by atoms with Crippen molar-refractivity contribution in [2.24, 2.45) is 16.9 Å². The molecule has 1 saturated heterocycles. The van der Waals surface area contributed by atoms with Crippen LogP contribution >= 0.6 is 0 Å². The molecular formula is C12H16FN3O. The van der Waals surface area contributed by atoms with Crippen LogP contribution in [0.4, 0.5) is 4.39 Å². The SMILES string of the molecule is O=C(C1=NN2C(N1)[C@@H](F)C[C@H]2C1CC1)C1CC1. The highest BCUT2D eigenvalue weighted by molar-refractivity contribution is 6.40. The zero-order chi connectivity index (χ0) is 11.6. The lowest BCUT2D eigenvalue weighted by Crippen LogP contribution is -2.42. The normalized spacial score (nSPS) is 39.9. The molecule has 0 aromatic heterocycles. The minimum absolute atomic E-state index is 0.0844. The van der Waals surface area contributed by atoms with E-state index in [2.05, 4.69) is 10.4 Å². The van der Waals surface area contributed by atoms with Crippen molar-refractivity contribution in [1.82, 2.24) is 10.3 Å². The molecule has 3 fully saturated rings. The number of Topliss-reactive ketones (excluding diaryl/α,β-unsaturated/α-hetero) is 1. The van der Waals surface area contributed by atoms with Crippen molar-refractivity contribution >= 4 is 11.6 Å². The van der Waals surface area contributed by atoms with Crippen molar-refractivity contribution in [3.05, 3.63) is 0 Å². The van der Waals surface area contributed by atoms with E-state index >= 15 is 0 Å². The van der Waals surface area contributed by atoms with E-state index in [1.807, 2.05) is 5.01 Å². The van der Waals surface area contributed by atoms with Gasteiger partial charge in [0, 0.05) is 12.3 Å². The second-order valence-corrected chi connectivity index (χ2v) is 5.71. The van der Waals surface area contributed by atoms with E-state index in [-0.39, 0.29) is 23.9 Å². The fraction of sp³-hybridized carbons (Fsp3) is 0.833. The van der Waals surface area contributed by atoms with Gasteiger partial charge in [-0.3, -0.25) is 9.80 Å². The van der Waals surface area contributed by atoms with E-state index in [1.165, 1.54) is 12.8 Å². The Hall–Kier alpha value is -1.13. The molecule has 1 N–H and O–H groups in total. The van der Waals surface area contributed by atoms with E-state index < -0.39 is 6.17 Å². The predicted molar refractivity (Wildman–Crippen MR) is 60.0 cm³/mol. The van der Waals surface area contributed by atoms with Gasteiger partial charge in [0.25, 0.3) is 0 Å². The molecule has 1 unspecified atom stereocenters. The average Bonchev–Trinajstić information content (AvgIpc) is 3.20. The van der Waals surface area contributed by atoms with Crippen molar-refractivity contribution in [2.45, 2.75) is 50.5 Å². The van der Waals surface area contributed by atoms with Crippen molar-refractivity contribution in [2.75, 3.05) is 0 Å². The fourth-order valence-electron chi connectivity index (χ4n) is 2.97. The van der Waals surface area contributed by atoms with E-state index in [0.29, 0.717) is 18.2 Å². The third kappa shape index (κ3) is 1.47. The molecule has 92 valence electrons. The molecule has 0 radical (unpaired) electrons. The van der Waals surface area contributed by atoms with Gasteiger partial charge in [-0.05, 0) is 31.6 Å². The van der Waals surface area contributed by atoms with Crippen molar-refractivity contribution < 1.29 is 9.18 Å². The topological polar surface area (TPSA) is 44.7 Å². The molecule has 2 aliphatic heterocycles. The Labute approximate surface area is 99.2 Å². The quantitative estimate of drug-likeness (QED) is 0.797. The Balaban J connectivity index is 1.56. The Kier molecular flexibility index (Phi) is 1.86. The summed E-state index contributed by atoms with van der Waals surface area (Å²) in [5.41, 5.74) is 0. The highest BCUT2D eigenvalue weighted by Crippen LogP contribution is 2.44. The minimum atomic E-state index is -0.895. The number of carbonyl (C=O) groups excluding carboxylic acids is 1. The van der Waals surface area contributed by atoms with Crippen LogP contribution in [0.15, 0.2) is 5.10 Å². The van der Waals surface area contributed by atoms with Crippen molar-refractivity contribution in [3.63, 3.8) is 0 Å². The second kappa shape index (κ2) is 3.21. The smallest absolute Gasteiger partial charge is 0.202 e. The summed E-state index contributed by atoms with van der Waals surface area (Å²) in [6.07, 6.45) is 3.60. The van der Waals surface area contributed by atoms with Crippen LogP contribution in [0, 0.1) is 11.8 Å². The van der Waals surface area contributed by atoms with Crippen molar-refractivity contribution in [3.8, 4) is 0 Å². The highest BCUT2D eigenvalue weighted by atomic mass is 19.1. The van der Waals surface area contributed by atoms with Crippen LogP contribution in [0.2, 0.25) is 0 Å². The summed E-state index contributed by atoms with van der Waals surface area (Å²) < 4.78 is 13.9. The summed E-state index contributed by atoms with van der Waals surface area (Å²) in [7, 11) is 0. The number of ketones is 1. The van der Waals surface area contributed by atoms with Crippen LogP contribution in [0.5, 0.6) is 0 Å². The van der Waals surface area contributed by atoms with E-state index in [4.69, 9.17) is 0 Å². The number of alkyl halides is 1. The monoisotopic (exact) mass is 237 g/mol. The lowest BCUT2D eigenvalue weighted by molar-refractivity contribution is -0.114. The highest BCUT2D eigenvalue weighted by Gasteiger charge is 2.51. The zero-order valence-corrected chi connectivity index (χ0v) is 9.60. The first-order valence-corrected chi connectivity index (χ1v) is 6.56. The largest absolute Gasteiger partial charge is 0.342 e. The zero-order valence-electron chi connectivity index (χ0n) is 9.60. The summed E-state index contributed by atoms with van der Waals surface area (Å²) in [5.74, 6) is 1.24. The van der Waals surface area contributed by atoms with Gasteiger partial charge in [-0.1, -0.05) is 0 Å². The molecule has 0 aromatic rings. The molecule has 4 aliphatic rings. The molecule has 3 atom stereocenters. The molecule has 4 nitrogen and oxygen atoms in total. The summed E-state index contributed by atoms with van der Waals surface area (Å²) in [4.78, 5) is 11.9. The number of amidine groups is 1. The molecule has 0 aromatic carbocycles. The number of carbonyl (C=O) groups is 1. The van der Waals surface area contributed by atoms with Gasteiger partial charge in [0.05, 0.1) is 6.04 Å². The van der Waals surface area contributed by atoms with Gasteiger partial charge < -0.3 is 5.32 Å². The van der Waals surface area contributed by atoms with Crippen LogP contribution in [0.1, 0.15) is 32.1 Å². The van der Waals surface area contributed by atoms with Gasteiger partial charge in [-0.25, -0.2) is 4.39 Å². The first kappa shape index (κ1) is 9.85. The third-order valence-corrected chi connectivity index (χ3v) is 4.28. The molecular weight excluding hydrogens is 221 g/mol. The molecule has 0 spiro atoms. The standard InChI is InChI=1S/C12H16FN3O/c13-8-5-9(6-1-2-6)16-12(8)14-11(15-16)10(17)7-3-4-7/h6-9,12H,1-5H2,(H,14,15)/t8-,9-,12?/m0/s1. The maximum atomic E-state index is 13.9. The third-order valence-electron chi connectivity index (χ3n) is 4.28. The summed E-state index contributed by atoms with van der Waals surface area (Å²) in [5, 5.41) is 9.17. The summed E-state index contributed by atoms with van der Waals surface area (Å²) in [6, 6.07) is 0.215. The molecule has 2 aliphatic carbocycles. The van der Waals surface area contributed by atoms with Crippen LogP contribution in [-0.2, 0) is 4.79 Å². The number of fused-ring (bicyclic) bond motifs is 1. The average molecular weight is 237 g/mol. The maximum absolute atomic E-state index is 13.9. The number of nitrogens with zero attached hydrogens (tertiary/aromatic N) is 2. The van der Waals surface area contributed by atoms with Gasteiger partial charge in [-0.15, -0.1) is 0 Å². The van der Waals surface area contributed by atoms with Gasteiger partial charge in [0.1, 0.15) is 12.3 Å². The molecule has 2 saturated carbocycles. The van der Waals surface area contributed by atoms with Gasteiger partial charge in [0.2, 0.25) is 5.78 Å². The second-order valence-electron chi connectivity index (χ2n) is 5.71. The van der Waals surface area contributed by atoms with Crippen LogP contribution in [-0.4, -0.2) is 35.0 Å². The first-order valence-electron chi connectivity index (χ1n) is 6.56. The number of hydrogen-bond donors (Lipinski definition) is 1. The van der Waals surface area contributed by atoms with Crippen LogP contribution in [0.25, 0.3) is 0 Å². The number of hydrazone groups is 1. The number of hydrogen-bond acceptors (Lipinski definition) is 4. The number of nitrogens with one attached hydrogen (secondary N) is 1. The van der Waals surface area contributed by atoms with E-state index in [0.717, 1.165) is 12.8 Å². The van der Waals surface area contributed by atoms with Gasteiger partial charge >= 0.3 is 0 Å².